The summed E-state index contributed by atoms with van der Waals surface area (Å²) in [6.45, 7) is 0.916. The van der Waals surface area contributed by atoms with Crippen LogP contribution in [-0.2, 0) is 26.0 Å². The number of sulfonamides is 1. The van der Waals surface area contributed by atoms with Crippen LogP contribution in [0.1, 0.15) is 18.4 Å². The monoisotopic (exact) mass is 600 g/mol. The molecule has 2 amide bonds. The molecule has 2 heterocycles. The first-order chi connectivity index (χ1) is 19.2. The number of rotatable bonds is 8. The number of halogens is 2. The maximum Gasteiger partial charge on any atom is 0.250 e. The largest absolute Gasteiger partial charge is 0.354 e. The predicted molar refractivity (Wildman–Crippen MR) is 156 cm³/mol. The second-order valence-electron chi connectivity index (χ2n) is 9.99. The molecule has 1 spiro atoms. The zero-order valence-electron chi connectivity index (χ0n) is 21.8. The van der Waals surface area contributed by atoms with Crippen molar-refractivity contribution in [3.05, 3.63) is 94.5 Å². The SMILES string of the molecule is O=C(CN1CN(c2ccccc2)C2(CCN(S(=O)(=O)c3ccccc3)CC2)C1=O)NCCc1ccc(Cl)cc1Cl. The van der Waals surface area contributed by atoms with Gasteiger partial charge in [-0.05, 0) is 61.2 Å². The van der Waals surface area contributed by atoms with E-state index in [9.17, 15) is 18.0 Å². The van der Waals surface area contributed by atoms with Gasteiger partial charge in [0.1, 0.15) is 12.1 Å². The van der Waals surface area contributed by atoms with Crippen molar-refractivity contribution in [3.63, 3.8) is 0 Å². The van der Waals surface area contributed by atoms with E-state index in [2.05, 4.69) is 5.32 Å². The van der Waals surface area contributed by atoms with Crippen LogP contribution in [0.4, 0.5) is 5.69 Å². The summed E-state index contributed by atoms with van der Waals surface area (Å²) in [5.74, 6) is -0.434. The lowest BCUT2D eigenvalue weighted by Crippen LogP contribution is -2.57. The fourth-order valence-corrected chi connectivity index (χ4v) is 7.42. The molecule has 0 aromatic heterocycles. The minimum atomic E-state index is -3.67. The summed E-state index contributed by atoms with van der Waals surface area (Å²) in [7, 11) is -3.67. The van der Waals surface area contributed by atoms with E-state index >= 15 is 0 Å². The van der Waals surface area contributed by atoms with Gasteiger partial charge in [0.25, 0.3) is 0 Å². The highest BCUT2D eigenvalue weighted by Crippen LogP contribution is 2.40. The maximum absolute atomic E-state index is 13.9. The van der Waals surface area contributed by atoms with Gasteiger partial charge in [0.15, 0.2) is 0 Å². The highest BCUT2D eigenvalue weighted by molar-refractivity contribution is 7.89. The van der Waals surface area contributed by atoms with Crippen LogP contribution >= 0.6 is 23.2 Å². The topological polar surface area (TPSA) is 90.0 Å². The van der Waals surface area contributed by atoms with Gasteiger partial charge in [0.2, 0.25) is 21.8 Å². The lowest BCUT2D eigenvalue weighted by Gasteiger charge is -2.42. The van der Waals surface area contributed by atoms with Crippen molar-refractivity contribution >= 4 is 50.7 Å². The van der Waals surface area contributed by atoms with E-state index in [1.807, 2.05) is 41.3 Å². The number of carbonyl (C=O) groups is 2. The van der Waals surface area contributed by atoms with Crippen LogP contribution in [0.5, 0.6) is 0 Å². The third-order valence-electron chi connectivity index (χ3n) is 7.58. The molecule has 0 radical (unpaired) electrons. The smallest absolute Gasteiger partial charge is 0.250 e. The summed E-state index contributed by atoms with van der Waals surface area (Å²) < 4.78 is 27.9. The minimum Gasteiger partial charge on any atom is -0.354 e. The fourth-order valence-electron chi connectivity index (χ4n) is 5.45. The first-order valence-corrected chi connectivity index (χ1v) is 15.3. The van der Waals surface area contributed by atoms with Gasteiger partial charge in [-0.3, -0.25) is 9.59 Å². The number of nitrogens with one attached hydrogen (secondary N) is 1. The van der Waals surface area contributed by atoms with Gasteiger partial charge in [0, 0.05) is 35.4 Å². The molecule has 210 valence electrons. The summed E-state index contributed by atoms with van der Waals surface area (Å²) >= 11 is 12.2. The second kappa shape index (κ2) is 11.8. The molecule has 2 saturated heterocycles. The molecule has 0 atom stereocenters. The lowest BCUT2D eigenvalue weighted by molar-refractivity contribution is -0.137. The van der Waals surface area contributed by atoms with Crippen LogP contribution in [-0.4, -0.2) is 67.8 Å². The van der Waals surface area contributed by atoms with Crippen molar-refractivity contribution in [2.24, 2.45) is 0 Å². The highest BCUT2D eigenvalue weighted by Gasteiger charge is 2.55. The van der Waals surface area contributed by atoms with Crippen molar-refractivity contribution in [1.82, 2.24) is 14.5 Å². The minimum absolute atomic E-state index is 0.0930. The van der Waals surface area contributed by atoms with Crippen LogP contribution in [0.15, 0.2) is 83.8 Å². The standard InChI is InChI=1S/C29H30Cl2N4O4S/c30-23-12-11-22(26(31)19-23)13-16-32-27(36)20-33-21-35(24-7-3-1-4-8-24)29(28(33)37)14-17-34(18-15-29)40(38,39)25-9-5-2-6-10-25/h1-12,19H,13-18,20-21H2,(H,32,36). The summed E-state index contributed by atoms with van der Waals surface area (Å²) in [5.41, 5.74) is 0.798. The summed E-state index contributed by atoms with van der Waals surface area (Å²) in [6, 6.07) is 23.1. The van der Waals surface area contributed by atoms with E-state index in [1.54, 1.807) is 47.4 Å². The Hall–Kier alpha value is -3.11. The van der Waals surface area contributed by atoms with E-state index in [0.717, 1.165) is 11.3 Å². The molecule has 40 heavy (non-hydrogen) atoms. The Labute approximate surface area is 244 Å². The van der Waals surface area contributed by atoms with E-state index in [4.69, 9.17) is 23.2 Å². The van der Waals surface area contributed by atoms with Crippen molar-refractivity contribution in [2.45, 2.75) is 29.7 Å². The average molecular weight is 602 g/mol. The van der Waals surface area contributed by atoms with Gasteiger partial charge in [-0.1, -0.05) is 65.7 Å². The zero-order valence-corrected chi connectivity index (χ0v) is 24.1. The van der Waals surface area contributed by atoms with Crippen LogP contribution in [0, 0.1) is 0 Å². The Kier molecular flexibility index (Phi) is 8.37. The molecule has 1 N–H and O–H groups in total. The number of hydrogen-bond donors (Lipinski definition) is 1. The Morgan fingerprint density at radius 1 is 0.925 bits per heavy atom. The molecule has 11 heteroatoms. The molecule has 3 aromatic rings. The van der Waals surface area contributed by atoms with Gasteiger partial charge >= 0.3 is 0 Å². The molecule has 5 rings (SSSR count). The molecule has 0 bridgehead atoms. The van der Waals surface area contributed by atoms with E-state index in [1.165, 1.54) is 4.31 Å². The molecule has 2 fully saturated rings. The molecule has 0 saturated carbocycles. The van der Waals surface area contributed by atoms with Crippen LogP contribution in [0.25, 0.3) is 0 Å². The van der Waals surface area contributed by atoms with E-state index in [0.29, 0.717) is 35.9 Å². The molecular formula is C29H30Cl2N4O4S. The number of hydrogen-bond acceptors (Lipinski definition) is 5. The number of anilines is 1. The molecule has 0 unspecified atom stereocenters. The van der Waals surface area contributed by atoms with Gasteiger partial charge in [-0.2, -0.15) is 4.31 Å². The molecule has 2 aliphatic rings. The number of amides is 2. The summed E-state index contributed by atoms with van der Waals surface area (Å²) in [6.07, 6.45) is 1.17. The Morgan fingerprint density at radius 2 is 1.57 bits per heavy atom. The van der Waals surface area contributed by atoms with Crippen molar-refractivity contribution in [1.29, 1.82) is 0 Å². The lowest BCUT2D eigenvalue weighted by atomic mass is 9.86. The summed E-state index contributed by atoms with van der Waals surface area (Å²) in [5, 5.41) is 3.97. The Bertz CT molecular complexity index is 1480. The van der Waals surface area contributed by atoms with Crippen LogP contribution in [0.3, 0.4) is 0 Å². The number of nitrogens with zero attached hydrogens (tertiary/aromatic N) is 3. The fraction of sp³-hybridized carbons (Fsp3) is 0.310. The van der Waals surface area contributed by atoms with E-state index < -0.39 is 15.6 Å². The number of carbonyl (C=O) groups excluding carboxylic acids is 2. The van der Waals surface area contributed by atoms with Gasteiger partial charge in [-0.25, -0.2) is 8.42 Å². The Morgan fingerprint density at radius 3 is 2.23 bits per heavy atom. The zero-order chi connectivity index (χ0) is 28.3. The molecule has 2 aliphatic heterocycles. The molecule has 0 aliphatic carbocycles. The quantitative estimate of drug-likeness (QED) is 0.419. The second-order valence-corrected chi connectivity index (χ2v) is 12.8. The number of benzene rings is 3. The van der Waals surface area contributed by atoms with Crippen molar-refractivity contribution in [2.75, 3.05) is 37.7 Å². The molecule has 3 aromatic carbocycles. The average Bonchev–Trinajstić information content (AvgIpc) is 3.21. The first kappa shape index (κ1) is 28.4. The van der Waals surface area contributed by atoms with E-state index in [-0.39, 0.29) is 43.0 Å². The third kappa shape index (κ3) is 5.69. The van der Waals surface area contributed by atoms with Crippen molar-refractivity contribution in [3.8, 4) is 0 Å². The van der Waals surface area contributed by atoms with Crippen molar-refractivity contribution < 1.29 is 18.0 Å². The predicted octanol–water partition coefficient (Wildman–Crippen LogP) is 4.18. The van der Waals surface area contributed by atoms with Crippen LogP contribution in [0.2, 0.25) is 10.0 Å². The Balaban J connectivity index is 1.28. The van der Waals surface area contributed by atoms with Crippen LogP contribution < -0.4 is 10.2 Å². The molecular weight excluding hydrogens is 571 g/mol. The van der Waals surface area contributed by atoms with Gasteiger partial charge in [0.05, 0.1) is 11.6 Å². The number of para-hydroxylation sites is 1. The van der Waals surface area contributed by atoms with Gasteiger partial charge in [-0.15, -0.1) is 0 Å². The third-order valence-corrected chi connectivity index (χ3v) is 10.1. The highest BCUT2D eigenvalue weighted by atomic mass is 35.5. The molecule has 8 nitrogen and oxygen atoms in total. The number of piperidine rings is 1. The van der Waals surface area contributed by atoms with Gasteiger partial charge < -0.3 is 15.1 Å². The first-order valence-electron chi connectivity index (χ1n) is 13.1. The maximum atomic E-state index is 13.9. The summed E-state index contributed by atoms with van der Waals surface area (Å²) in [4.78, 5) is 30.6. The normalized spacial score (nSPS) is 17.4.